The Kier molecular flexibility index (Phi) is 5.49. The molecular formula is C16H23ClN4O2. The molecule has 1 saturated heterocycles. The van der Waals surface area contributed by atoms with Crippen molar-refractivity contribution in [3.8, 4) is 0 Å². The molecule has 1 aromatic rings. The zero-order valence-corrected chi connectivity index (χ0v) is 14.0. The van der Waals surface area contributed by atoms with Gasteiger partial charge in [0.05, 0.1) is 0 Å². The first-order valence-electron chi connectivity index (χ1n) is 7.76. The van der Waals surface area contributed by atoms with Gasteiger partial charge >= 0.3 is 6.03 Å². The Labute approximate surface area is 142 Å². The Morgan fingerprint density at radius 2 is 2.22 bits per heavy atom. The molecule has 1 aromatic carbocycles. The van der Waals surface area contributed by atoms with Crippen molar-refractivity contribution in [2.75, 3.05) is 24.5 Å². The molecule has 4 N–H and O–H groups in total. The lowest BCUT2D eigenvalue weighted by atomic mass is 10.0. The Balaban J connectivity index is 0.00000192. The van der Waals surface area contributed by atoms with Crippen LogP contribution in [-0.2, 0) is 0 Å². The molecule has 1 aliphatic carbocycles. The van der Waals surface area contributed by atoms with Crippen LogP contribution in [0.2, 0.25) is 0 Å². The number of hydrogen-bond acceptors (Lipinski definition) is 3. The summed E-state index contributed by atoms with van der Waals surface area (Å²) in [7, 11) is 0. The monoisotopic (exact) mass is 338 g/mol. The van der Waals surface area contributed by atoms with Gasteiger partial charge in [0, 0.05) is 36.9 Å². The van der Waals surface area contributed by atoms with Crippen molar-refractivity contribution in [2.45, 2.75) is 25.8 Å². The first kappa shape index (κ1) is 17.6. The molecule has 1 unspecified atom stereocenters. The lowest BCUT2D eigenvalue weighted by molar-refractivity contribution is 0.0949. The number of benzene rings is 1. The Morgan fingerprint density at radius 1 is 1.48 bits per heavy atom. The fraction of sp³-hybridized carbons (Fsp3) is 0.500. The summed E-state index contributed by atoms with van der Waals surface area (Å²) in [5, 5.41) is 5.68. The van der Waals surface area contributed by atoms with E-state index in [-0.39, 0.29) is 30.4 Å². The first-order chi connectivity index (χ1) is 10.6. The molecule has 1 aliphatic heterocycles. The van der Waals surface area contributed by atoms with Crippen LogP contribution in [0.5, 0.6) is 0 Å². The van der Waals surface area contributed by atoms with E-state index in [1.165, 1.54) is 0 Å². The van der Waals surface area contributed by atoms with E-state index in [9.17, 15) is 9.59 Å². The van der Waals surface area contributed by atoms with Crippen LogP contribution in [0.15, 0.2) is 18.2 Å². The van der Waals surface area contributed by atoms with Gasteiger partial charge in [-0.25, -0.2) is 4.79 Å². The van der Waals surface area contributed by atoms with Crippen LogP contribution >= 0.6 is 12.4 Å². The number of nitrogens with one attached hydrogen (secondary N) is 2. The third-order valence-corrected chi connectivity index (χ3v) is 4.42. The van der Waals surface area contributed by atoms with Gasteiger partial charge in [-0.2, -0.15) is 0 Å². The average Bonchev–Trinajstić information content (AvgIpc) is 3.27. The van der Waals surface area contributed by atoms with Crippen LogP contribution in [0.1, 0.15) is 28.8 Å². The Hall–Kier alpha value is -1.79. The number of carbonyl (C=O) groups excluding carboxylic acids is 2. The normalized spacial score (nSPS) is 18.2. The van der Waals surface area contributed by atoms with E-state index < -0.39 is 0 Å². The summed E-state index contributed by atoms with van der Waals surface area (Å²) < 4.78 is 0. The summed E-state index contributed by atoms with van der Waals surface area (Å²) in [5.74, 6) is 0.427. The van der Waals surface area contributed by atoms with E-state index in [2.05, 4.69) is 10.6 Å². The fourth-order valence-electron chi connectivity index (χ4n) is 2.86. The number of anilines is 1. The number of hydrogen-bond donors (Lipinski definition) is 3. The molecule has 0 spiro atoms. The molecule has 1 heterocycles. The standard InChI is InChI=1S/C16H22N4O2.ClH/c1-10-12(15(21)19-9-13(17)11-5-6-11)3-2-4-14(10)20-8-7-18-16(20)22;/h2-4,11,13H,5-9,17H2,1H3,(H,18,22)(H,19,21);1H. The number of halogens is 1. The minimum Gasteiger partial charge on any atom is -0.350 e. The van der Waals surface area contributed by atoms with E-state index in [0.717, 1.165) is 24.1 Å². The van der Waals surface area contributed by atoms with Crippen LogP contribution in [0.25, 0.3) is 0 Å². The molecule has 2 fully saturated rings. The van der Waals surface area contributed by atoms with Crippen LogP contribution in [0, 0.1) is 12.8 Å². The highest BCUT2D eigenvalue weighted by atomic mass is 35.5. The maximum absolute atomic E-state index is 12.4. The largest absolute Gasteiger partial charge is 0.350 e. The highest BCUT2D eigenvalue weighted by Crippen LogP contribution is 2.31. The molecule has 0 radical (unpaired) electrons. The quantitative estimate of drug-likeness (QED) is 0.758. The van der Waals surface area contributed by atoms with Gasteiger partial charge in [-0.3, -0.25) is 9.69 Å². The van der Waals surface area contributed by atoms with Gasteiger partial charge in [0.1, 0.15) is 0 Å². The van der Waals surface area contributed by atoms with Crippen LogP contribution in [-0.4, -0.2) is 37.6 Å². The zero-order chi connectivity index (χ0) is 15.7. The van der Waals surface area contributed by atoms with Gasteiger partial charge < -0.3 is 16.4 Å². The minimum atomic E-state index is -0.130. The molecule has 0 aromatic heterocycles. The average molecular weight is 339 g/mol. The number of nitrogens with two attached hydrogens (primary N) is 1. The van der Waals surface area contributed by atoms with Gasteiger partial charge in [-0.05, 0) is 43.4 Å². The smallest absolute Gasteiger partial charge is 0.322 e. The molecule has 23 heavy (non-hydrogen) atoms. The summed E-state index contributed by atoms with van der Waals surface area (Å²) >= 11 is 0. The molecule has 126 valence electrons. The first-order valence-corrected chi connectivity index (χ1v) is 7.76. The predicted molar refractivity (Wildman–Crippen MR) is 92.2 cm³/mol. The van der Waals surface area contributed by atoms with E-state index in [4.69, 9.17) is 5.73 Å². The third-order valence-electron chi connectivity index (χ3n) is 4.42. The van der Waals surface area contributed by atoms with E-state index in [1.807, 2.05) is 19.1 Å². The van der Waals surface area contributed by atoms with Gasteiger partial charge in [0.2, 0.25) is 0 Å². The summed E-state index contributed by atoms with van der Waals surface area (Å²) in [6.07, 6.45) is 2.32. The van der Waals surface area contributed by atoms with E-state index >= 15 is 0 Å². The van der Waals surface area contributed by atoms with Crippen molar-refractivity contribution in [1.29, 1.82) is 0 Å². The van der Waals surface area contributed by atoms with Crippen molar-refractivity contribution in [3.63, 3.8) is 0 Å². The summed E-state index contributed by atoms with van der Waals surface area (Å²) in [5.41, 5.74) is 8.22. The van der Waals surface area contributed by atoms with Crippen molar-refractivity contribution < 1.29 is 9.59 Å². The fourth-order valence-corrected chi connectivity index (χ4v) is 2.86. The number of carbonyl (C=O) groups is 2. The third kappa shape index (κ3) is 3.76. The number of amides is 3. The number of nitrogens with zero attached hydrogens (tertiary/aromatic N) is 1. The predicted octanol–water partition coefficient (Wildman–Crippen LogP) is 1.41. The molecule has 3 amide bonds. The molecule has 0 bridgehead atoms. The SMILES string of the molecule is Cc1c(C(=O)NCC(N)C2CC2)cccc1N1CCNC1=O.Cl. The van der Waals surface area contributed by atoms with Gasteiger partial charge in [-0.15, -0.1) is 12.4 Å². The molecule has 6 nitrogen and oxygen atoms in total. The minimum absolute atomic E-state index is 0. The summed E-state index contributed by atoms with van der Waals surface area (Å²) in [6.45, 7) is 3.62. The zero-order valence-electron chi connectivity index (χ0n) is 13.2. The van der Waals surface area contributed by atoms with Crippen molar-refractivity contribution >= 4 is 30.0 Å². The molecule has 2 aliphatic rings. The van der Waals surface area contributed by atoms with Gasteiger partial charge in [-0.1, -0.05) is 6.07 Å². The van der Waals surface area contributed by atoms with Crippen LogP contribution in [0.3, 0.4) is 0 Å². The summed E-state index contributed by atoms with van der Waals surface area (Å²) in [4.78, 5) is 25.8. The lowest BCUT2D eigenvalue weighted by Gasteiger charge is -2.19. The molecule has 1 saturated carbocycles. The van der Waals surface area contributed by atoms with Gasteiger partial charge in [0.15, 0.2) is 0 Å². The highest BCUT2D eigenvalue weighted by molar-refractivity contribution is 6.00. The second kappa shape index (κ2) is 7.19. The number of rotatable bonds is 5. The molecule has 1 atom stereocenters. The van der Waals surface area contributed by atoms with Crippen molar-refractivity contribution in [1.82, 2.24) is 10.6 Å². The molecule has 7 heteroatoms. The second-order valence-corrected chi connectivity index (χ2v) is 6.04. The highest BCUT2D eigenvalue weighted by Gasteiger charge is 2.29. The topological polar surface area (TPSA) is 87.5 Å². The number of urea groups is 1. The molecule has 3 rings (SSSR count). The van der Waals surface area contributed by atoms with E-state index in [0.29, 0.717) is 31.1 Å². The maximum Gasteiger partial charge on any atom is 0.322 e. The van der Waals surface area contributed by atoms with Crippen molar-refractivity contribution in [2.24, 2.45) is 11.7 Å². The molecular weight excluding hydrogens is 316 g/mol. The lowest BCUT2D eigenvalue weighted by Crippen LogP contribution is -2.39. The second-order valence-electron chi connectivity index (χ2n) is 6.04. The maximum atomic E-state index is 12.4. The summed E-state index contributed by atoms with van der Waals surface area (Å²) in [6, 6.07) is 5.38. The van der Waals surface area contributed by atoms with Crippen molar-refractivity contribution in [3.05, 3.63) is 29.3 Å². The Morgan fingerprint density at radius 3 is 2.83 bits per heavy atom. The van der Waals surface area contributed by atoms with Gasteiger partial charge in [0.25, 0.3) is 5.91 Å². The Bertz CT molecular complexity index is 604. The van der Waals surface area contributed by atoms with E-state index in [1.54, 1.807) is 11.0 Å². The van der Waals surface area contributed by atoms with Crippen LogP contribution in [0.4, 0.5) is 10.5 Å². The van der Waals surface area contributed by atoms with Crippen LogP contribution < -0.4 is 21.3 Å².